The zero-order valence-corrected chi connectivity index (χ0v) is 20.0. The van der Waals surface area contributed by atoms with Crippen LogP contribution in [0.25, 0.3) is 0 Å². The molecule has 0 radical (unpaired) electrons. The zero-order chi connectivity index (χ0) is 23.2. The standard InChI is InChI=1S/C27H30N2O3S/c1-28(26(30)22-14-17-33-19-22)24(18-20-8-4-3-5-9-20)21-12-15-29(16-13-21)27(31)23-10-6-7-11-25(23)32-2/h3-11,14,17,19,21,24H,12-13,15-16,18H2,1-2H3/t24-/m1/s1. The SMILES string of the molecule is COc1ccccc1C(=O)N1CCC([C@@H](Cc2ccccc2)N(C)C(=O)c2ccsc2)CC1. The second-order valence-corrected chi connectivity index (χ2v) is 9.30. The van der Waals surface area contributed by atoms with Crippen molar-refractivity contribution in [2.75, 3.05) is 27.2 Å². The van der Waals surface area contributed by atoms with Gasteiger partial charge in [0.25, 0.3) is 11.8 Å². The van der Waals surface area contributed by atoms with Crippen LogP contribution in [0.5, 0.6) is 5.75 Å². The summed E-state index contributed by atoms with van der Waals surface area (Å²) in [7, 11) is 3.51. The third-order valence-corrected chi connectivity index (χ3v) is 7.27. The number of ether oxygens (including phenoxy) is 1. The molecule has 1 aliphatic rings. The van der Waals surface area contributed by atoms with Crippen molar-refractivity contribution in [3.63, 3.8) is 0 Å². The molecule has 1 fully saturated rings. The first-order valence-electron chi connectivity index (χ1n) is 11.3. The van der Waals surface area contributed by atoms with Gasteiger partial charge in [-0.25, -0.2) is 0 Å². The maximum atomic E-state index is 13.2. The van der Waals surface area contributed by atoms with Gasteiger partial charge in [-0.15, -0.1) is 0 Å². The number of hydrogen-bond acceptors (Lipinski definition) is 4. The number of likely N-dealkylation sites (tertiary alicyclic amines) is 1. The quantitative estimate of drug-likeness (QED) is 0.497. The third-order valence-electron chi connectivity index (χ3n) is 6.58. The van der Waals surface area contributed by atoms with E-state index in [1.165, 1.54) is 16.9 Å². The number of carbonyl (C=O) groups excluding carboxylic acids is 2. The highest BCUT2D eigenvalue weighted by atomic mass is 32.1. The average Bonchev–Trinajstić information content (AvgIpc) is 3.42. The topological polar surface area (TPSA) is 49.9 Å². The number of rotatable bonds is 7. The van der Waals surface area contributed by atoms with E-state index in [4.69, 9.17) is 4.74 Å². The number of benzene rings is 2. The van der Waals surface area contributed by atoms with Crippen LogP contribution < -0.4 is 4.74 Å². The Morgan fingerprint density at radius 1 is 1.06 bits per heavy atom. The van der Waals surface area contributed by atoms with Gasteiger partial charge in [-0.1, -0.05) is 42.5 Å². The summed E-state index contributed by atoms with van der Waals surface area (Å²) in [5.74, 6) is 0.991. The molecule has 0 spiro atoms. The smallest absolute Gasteiger partial charge is 0.257 e. The molecule has 6 heteroatoms. The summed E-state index contributed by atoms with van der Waals surface area (Å²) in [5, 5.41) is 3.85. The number of amides is 2. The zero-order valence-electron chi connectivity index (χ0n) is 19.1. The van der Waals surface area contributed by atoms with Crippen LogP contribution in [0.2, 0.25) is 0 Å². The molecule has 0 N–H and O–H groups in total. The summed E-state index contributed by atoms with van der Waals surface area (Å²) in [4.78, 5) is 30.1. The van der Waals surface area contributed by atoms with E-state index in [0.29, 0.717) is 30.3 Å². The summed E-state index contributed by atoms with van der Waals surface area (Å²) < 4.78 is 5.39. The predicted octanol–water partition coefficient (Wildman–Crippen LogP) is 4.99. The Morgan fingerprint density at radius 2 is 1.76 bits per heavy atom. The minimum Gasteiger partial charge on any atom is -0.496 e. The van der Waals surface area contributed by atoms with E-state index in [1.807, 2.05) is 76.1 Å². The number of piperidine rings is 1. The van der Waals surface area contributed by atoms with Crippen LogP contribution in [0.4, 0.5) is 0 Å². The van der Waals surface area contributed by atoms with Crippen LogP contribution in [-0.2, 0) is 6.42 Å². The van der Waals surface area contributed by atoms with Crippen molar-refractivity contribution in [3.8, 4) is 5.75 Å². The number of hydrogen-bond donors (Lipinski definition) is 0. The van der Waals surface area contributed by atoms with Gasteiger partial charge >= 0.3 is 0 Å². The van der Waals surface area contributed by atoms with Crippen molar-refractivity contribution in [3.05, 3.63) is 88.1 Å². The fourth-order valence-electron chi connectivity index (χ4n) is 4.69. The normalized spacial score (nSPS) is 15.2. The summed E-state index contributed by atoms with van der Waals surface area (Å²) in [6.07, 6.45) is 2.53. The highest BCUT2D eigenvalue weighted by Crippen LogP contribution is 2.29. The van der Waals surface area contributed by atoms with Crippen molar-refractivity contribution in [2.24, 2.45) is 5.92 Å². The van der Waals surface area contributed by atoms with Gasteiger partial charge in [-0.05, 0) is 54.3 Å². The number of methoxy groups -OCH3 is 1. The summed E-state index contributed by atoms with van der Waals surface area (Å²) in [6, 6.07) is 19.7. The molecule has 3 aromatic rings. The average molecular weight is 463 g/mol. The molecule has 0 aliphatic carbocycles. The fourth-order valence-corrected chi connectivity index (χ4v) is 5.32. The molecule has 0 unspecified atom stereocenters. The molecule has 172 valence electrons. The lowest BCUT2D eigenvalue weighted by Crippen LogP contribution is -2.48. The molecule has 1 aliphatic heterocycles. The molecular weight excluding hydrogens is 432 g/mol. The second kappa shape index (κ2) is 10.7. The molecule has 2 aromatic carbocycles. The second-order valence-electron chi connectivity index (χ2n) is 8.52. The van der Waals surface area contributed by atoms with Crippen LogP contribution in [0.3, 0.4) is 0 Å². The summed E-state index contributed by atoms with van der Waals surface area (Å²) in [6.45, 7) is 1.35. The van der Waals surface area contributed by atoms with Crippen LogP contribution in [0, 0.1) is 5.92 Å². The molecule has 1 atom stereocenters. The van der Waals surface area contributed by atoms with Crippen LogP contribution >= 0.6 is 11.3 Å². The predicted molar refractivity (Wildman–Crippen MR) is 132 cm³/mol. The van der Waals surface area contributed by atoms with Gasteiger partial charge in [0, 0.05) is 31.6 Å². The van der Waals surface area contributed by atoms with Crippen molar-refractivity contribution in [1.29, 1.82) is 0 Å². The number of para-hydroxylation sites is 1. The Bertz CT molecular complexity index is 1060. The number of thiophene rings is 1. The first-order valence-corrected chi connectivity index (χ1v) is 12.3. The molecule has 4 rings (SSSR count). The first-order chi connectivity index (χ1) is 16.1. The van der Waals surface area contributed by atoms with Crippen molar-refractivity contribution < 1.29 is 14.3 Å². The minimum atomic E-state index is 0.00761. The van der Waals surface area contributed by atoms with E-state index in [-0.39, 0.29) is 17.9 Å². The highest BCUT2D eigenvalue weighted by molar-refractivity contribution is 7.08. The van der Waals surface area contributed by atoms with E-state index in [9.17, 15) is 9.59 Å². The molecule has 1 aromatic heterocycles. The van der Waals surface area contributed by atoms with E-state index in [1.54, 1.807) is 7.11 Å². The van der Waals surface area contributed by atoms with E-state index in [0.717, 1.165) is 24.8 Å². The largest absolute Gasteiger partial charge is 0.496 e. The molecule has 0 saturated carbocycles. The third kappa shape index (κ3) is 5.28. The summed E-state index contributed by atoms with van der Waals surface area (Å²) >= 11 is 1.54. The Morgan fingerprint density at radius 3 is 2.42 bits per heavy atom. The van der Waals surface area contributed by atoms with E-state index < -0.39 is 0 Å². The van der Waals surface area contributed by atoms with Gasteiger partial charge in [0.05, 0.1) is 18.2 Å². The molecule has 2 amide bonds. The van der Waals surface area contributed by atoms with Crippen LogP contribution in [-0.4, -0.2) is 54.9 Å². The molecule has 0 bridgehead atoms. The van der Waals surface area contributed by atoms with Crippen molar-refractivity contribution in [2.45, 2.75) is 25.3 Å². The van der Waals surface area contributed by atoms with Gasteiger partial charge in [0.2, 0.25) is 0 Å². The maximum Gasteiger partial charge on any atom is 0.257 e. The van der Waals surface area contributed by atoms with Gasteiger partial charge < -0.3 is 14.5 Å². The minimum absolute atomic E-state index is 0.00761. The molecule has 2 heterocycles. The number of carbonyl (C=O) groups is 2. The lowest BCUT2D eigenvalue weighted by Gasteiger charge is -2.40. The van der Waals surface area contributed by atoms with Gasteiger partial charge in [-0.2, -0.15) is 11.3 Å². The lowest BCUT2D eigenvalue weighted by molar-refractivity contribution is 0.0521. The van der Waals surface area contributed by atoms with Crippen molar-refractivity contribution in [1.82, 2.24) is 9.80 Å². The molecule has 33 heavy (non-hydrogen) atoms. The van der Waals surface area contributed by atoms with Gasteiger partial charge in [0.1, 0.15) is 5.75 Å². The first kappa shape index (κ1) is 23.1. The van der Waals surface area contributed by atoms with E-state index in [2.05, 4.69) is 12.1 Å². The fraction of sp³-hybridized carbons (Fsp3) is 0.333. The van der Waals surface area contributed by atoms with Crippen molar-refractivity contribution >= 4 is 23.2 Å². The Kier molecular flexibility index (Phi) is 7.45. The molecule has 5 nitrogen and oxygen atoms in total. The molecular formula is C27H30N2O3S. The summed E-state index contributed by atoms with van der Waals surface area (Å²) in [5.41, 5.74) is 2.56. The lowest BCUT2D eigenvalue weighted by atomic mass is 9.84. The van der Waals surface area contributed by atoms with Crippen LogP contribution in [0.1, 0.15) is 39.1 Å². The number of likely N-dealkylation sites (N-methyl/N-ethyl adjacent to an activating group) is 1. The van der Waals surface area contributed by atoms with Crippen LogP contribution in [0.15, 0.2) is 71.4 Å². The monoisotopic (exact) mass is 462 g/mol. The van der Waals surface area contributed by atoms with Gasteiger partial charge in [0.15, 0.2) is 0 Å². The Labute approximate surface area is 199 Å². The Balaban J connectivity index is 1.49. The Hall–Kier alpha value is -3.12. The van der Waals surface area contributed by atoms with E-state index >= 15 is 0 Å². The van der Waals surface area contributed by atoms with Gasteiger partial charge in [-0.3, -0.25) is 9.59 Å². The molecule has 1 saturated heterocycles. The number of nitrogens with zero attached hydrogens (tertiary/aromatic N) is 2. The maximum absolute atomic E-state index is 13.2. The highest BCUT2D eigenvalue weighted by Gasteiger charge is 2.33.